The Morgan fingerprint density at radius 3 is 1.33 bits per heavy atom. The fraction of sp³-hybridized carbons (Fsp3) is 0. The molecule has 0 N–H and O–H groups in total. The van der Waals surface area contributed by atoms with Crippen LogP contribution in [0.25, 0.3) is 142 Å². The molecule has 14 aromatic rings. The Morgan fingerprint density at radius 2 is 0.672 bits per heavy atom. The molecular weight excluding hydrogens is 737 g/mol. The normalized spacial score (nSPS) is 12.3. The van der Waals surface area contributed by atoms with Gasteiger partial charge in [0.15, 0.2) is 0 Å². The fourth-order valence-corrected chi connectivity index (χ4v) is 10.9. The van der Waals surface area contributed by atoms with Crippen LogP contribution in [0, 0.1) is 0 Å². The topological polar surface area (TPSA) is 13.1 Å². The van der Waals surface area contributed by atoms with Crippen LogP contribution in [0.2, 0.25) is 0 Å². The smallest absolute Gasteiger partial charge is 0.143 e. The predicted octanol–water partition coefficient (Wildman–Crippen LogP) is 17.2. The summed E-state index contributed by atoms with van der Waals surface area (Å²) >= 11 is 0. The maximum Gasteiger partial charge on any atom is 0.143 e. The minimum atomic E-state index is 0.905. The third kappa shape index (κ3) is 4.61. The summed E-state index contributed by atoms with van der Waals surface area (Å²) in [5.74, 6) is 0. The molecule has 0 bridgehead atoms. The lowest BCUT2D eigenvalue weighted by Gasteiger charge is -2.19. The zero-order chi connectivity index (χ0) is 39.8. The third-order valence-electron chi connectivity index (χ3n) is 13.6. The van der Waals surface area contributed by atoms with Gasteiger partial charge in [0.05, 0.1) is 0 Å². The Kier molecular flexibility index (Phi) is 6.62. The maximum absolute atomic E-state index is 6.70. The molecule has 61 heavy (non-hydrogen) atoms. The predicted molar refractivity (Wildman–Crippen MR) is 260 cm³/mol. The Hall–Kier alpha value is -8.00. The first-order chi connectivity index (χ1) is 30.2. The van der Waals surface area contributed by atoms with Gasteiger partial charge in [-0.15, -0.1) is 0 Å². The number of hydrogen-bond donors (Lipinski definition) is 0. The van der Waals surface area contributed by atoms with Crippen LogP contribution < -0.4 is 0 Å². The standard InChI is InChI=1S/C60H34O/c1-2-13-44-43(12-1)42(32-33-45(44)46-27-22-39-20-18-35-8-5-10-37-24-30-50(46)58(39)56(35)37)41-26-29-48(52-15-7-16-53-49-14-3-4-17-55(49)61-60(52)53)54(34-41)47-28-23-40-21-19-36-9-6-11-38-25-31-51(47)59(40)57(36)38/h1-34H. The first kappa shape index (κ1) is 32.9. The Balaban J connectivity index is 1.03. The van der Waals surface area contributed by atoms with Crippen LogP contribution in [-0.4, -0.2) is 0 Å². The molecule has 1 heterocycles. The number of hydrogen-bond acceptors (Lipinski definition) is 1. The number of fused-ring (bicyclic) bond motifs is 4. The van der Waals surface area contributed by atoms with Crippen molar-refractivity contribution in [2.45, 2.75) is 0 Å². The molecule has 1 heteroatoms. The van der Waals surface area contributed by atoms with Gasteiger partial charge in [0.25, 0.3) is 0 Å². The van der Waals surface area contributed by atoms with Gasteiger partial charge < -0.3 is 4.42 Å². The maximum atomic E-state index is 6.70. The van der Waals surface area contributed by atoms with E-state index < -0.39 is 0 Å². The van der Waals surface area contributed by atoms with Crippen molar-refractivity contribution in [3.8, 4) is 44.5 Å². The van der Waals surface area contributed by atoms with Crippen molar-refractivity contribution >= 4 is 97.3 Å². The second-order valence-corrected chi connectivity index (χ2v) is 16.7. The van der Waals surface area contributed by atoms with E-state index in [0.717, 1.165) is 33.1 Å². The highest BCUT2D eigenvalue weighted by atomic mass is 16.3. The summed E-state index contributed by atoms with van der Waals surface area (Å²) in [7, 11) is 0. The van der Waals surface area contributed by atoms with Crippen LogP contribution in [0.4, 0.5) is 0 Å². The average molecular weight is 771 g/mol. The highest BCUT2D eigenvalue weighted by Crippen LogP contribution is 2.47. The molecule has 0 fully saturated rings. The van der Waals surface area contributed by atoms with Crippen molar-refractivity contribution in [2.75, 3.05) is 0 Å². The largest absolute Gasteiger partial charge is 0.455 e. The van der Waals surface area contributed by atoms with E-state index in [2.05, 4.69) is 206 Å². The molecule has 0 radical (unpaired) electrons. The Bertz CT molecular complexity index is 4080. The lowest BCUT2D eigenvalue weighted by atomic mass is 9.84. The van der Waals surface area contributed by atoms with Gasteiger partial charge in [-0.25, -0.2) is 0 Å². The Labute approximate surface area is 351 Å². The number of rotatable bonds is 4. The van der Waals surface area contributed by atoms with Crippen molar-refractivity contribution in [3.63, 3.8) is 0 Å². The molecule has 1 aromatic heterocycles. The zero-order valence-corrected chi connectivity index (χ0v) is 33.0. The lowest BCUT2D eigenvalue weighted by Crippen LogP contribution is -1.92. The van der Waals surface area contributed by atoms with Crippen LogP contribution in [-0.2, 0) is 0 Å². The van der Waals surface area contributed by atoms with E-state index in [1.165, 1.54) is 109 Å². The monoisotopic (exact) mass is 770 g/mol. The molecular formula is C60H34O. The minimum absolute atomic E-state index is 0.905. The van der Waals surface area contributed by atoms with E-state index in [1.54, 1.807) is 0 Å². The SMILES string of the molecule is c1cc2ccc3ccc(-c4cc(-c5ccc(-c6ccc7ccc8cccc9ccc6c7c89)c6ccccc56)ccc4-c4cccc5c4oc4ccccc45)c4ccc(c1)c2c34. The van der Waals surface area contributed by atoms with Gasteiger partial charge in [0.1, 0.15) is 11.2 Å². The van der Waals surface area contributed by atoms with Gasteiger partial charge in [-0.05, 0) is 126 Å². The van der Waals surface area contributed by atoms with E-state index >= 15 is 0 Å². The summed E-state index contributed by atoms with van der Waals surface area (Å²) in [4.78, 5) is 0. The van der Waals surface area contributed by atoms with Crippen molar-refractivity contribution in [1.29, 1.82) is 0 Å². The van der Waals surface area contributed by atoms with Crippen LogP contribution in [0.5, 0.6) is 0 Å². The molecule has 0 saturated heterocycles. The quantitative estimate of drug-likeness (QED) is 0.162. The van der Waals surface area contributed by atoms with Crippen LogP contribution >= 0.6 is 0 Å². The molecule has 280 valence electrons. The second-order valence-electron chi connectivity index (χ2n) is 16.7. The van der Waals surface area contributed by atoms with Crippen LogP contribution in [0.3, 0.4) is 0 Å². The lowest BCUT2D eigenvalue weighted by molar-refractivity contribution is 0.670. The summed E-state index contributed by atoms with van der Waals surface area (Å²) in [5, 5.41) is 20.3. The van der Waals surface area contributed by atoms with Gasteiger partial charge in [-0.1, -0.05) is 194 Å². The molecule has 0 aliphatic rings. The molecule has 0 atom stereocenters. The molecule has 0 unspecified atom stereocenters. The molecule has 14 rings (SSSR count). The summed E-state index contributed by atoms with van der Waals surface area (Å²) < 4.78 is 6.70. The molecule has 0 aliphatic heterocycles. The van der Waals surface area contributed by atoms with E-state index in [4.69, 9.17) is 4.42 Å². The molecule has 1 nitrogen and oxygen atoms in total. The van der Waals surface area contributed by atoms with Crippen LogP contribution in [0.15, 0.2) is 211 Å². The third-order valence-corrected chi connectivity index (χ3v) is 13.6. The van der Waals surface area contributed by atoms with Gasteiger partial charge in [-0.2, -0.15) is 0 Å². The highest BCUT2D eigenvalue weighted by Gasteiger charge is 2.21. The van der Waals surface area contributed by atoms with E-state index in [0.29, 0.717) is 0 Å². The van der Waals surface area contributed by atoms with E-state index in [9.17, 15) is 0 Å². The highest BCUT2D eigenvalue weighted by molar-refractivity contribution is 6.28. The molecule has 0 amide bonds. The first-order valence-corrected chi connectivity index (χ1v) is 21.2. The fourth-order valence-electron chi connectivity index (χ4n) is 10.9. The molecule has 0 aliphatic carbocycles. The summed E-state index contributed by atoms with van der Waals surface area (Å²) in [6.45, 7) is 0. The van der Waals surface area contributed by atoms with Gasteiger partial charge in [-0.3, -0.25) is 0 Å². The van der Waals surface area contributed by atoms with E-state index in [-0.39, 0.29) is 0 Å². The van der Waals surface area contributed by atoms with Crippen molar-refractivity contribution in [1.82, 2.24) is 0 Å². The Morgan fingerprint density at radius 1 is 0.230 bits per heavy atom. The molecule has 0 saturated carbocycles. The molecule has 13 aromatic carbocycles. The molecule has 0 spiro atoms. The van der Waals surface area contributed by atoms with Gasteiger partial charge >= 0.3 is 0 Å². The summed E-state index contributed by atoms with van der Waals surface area (Å²) in [5.41, 5.74) is 11.4. The first-order valence-electron chi connectivity index (χ1n) is 21.2. The summed E-state index contributed by atoms with van der Waals surface area (Å²) in [6, 6.07) is 76.5. The van der Waals surface area contributed by atoms with Gasteiger partial charge in [0.2, 0.25) is 0 Å². The summed E-state index contributed by atoms with van der Waals surface area (Å²) in [6.07, 6.45) is 0. The minimum Gasteiger partial charge on any atom is -0.455 e. The zero-order valence-electron chi connectivity index (χ0n) is 33.0. The average Bonchev–Trinajstić information content (AvgIpc) is 3.71. The number of benzene rings is 13. The van der Waals surface area contributed by atoms with Crippen molar-refractivity contribution in [3.05, 3.63) is 206 Å². The van der Waals surface area contributed by atoms with Crippen molar-refractivity contribution < 1.29 is 4.42 Å². The second kappa shape index (κ2) is 12.3. The van der Waals surface area contributed by atoms with Crippen LogP contribution in [0.1, 0.15) is 0 Å². The van der Waals surface area contributed by atoms with Gasteiger partial charge in [0, 0.05) is 16.3 Å². The van der Waals surface area contributed by atoms with E-state index in [1.807, 2.05) is 0 Å². The van der Waals surface area contributed by atoms with Crippen molar-refractivity contribution in [2.24, 2.45) is 0 Å². The number of para-hydroxylation sites is 2. The number of furan rings is 1.